The van der Waals surface area contributed by atoms with E-state index in [-0.39, 0.29) is 11.5 Å². The molecule has 0 aromatic heterocycles. The molecule has 2 rings (SSSR count). The van der Waals surface area contributed by atoms with Crippen molar-refractivity contribution >= 4 is 5.97 Å². The Morgan fingerprint density at radius 2 is 2.17 bits per heavy atom. The molecule has 1 heterocycles. The van der Waals surface area contributed by atoms with Crippen LogP contribution in [0.3, 0.4) is 0 Å². The van der Waals surface area contributed by atoms with Gasteiger partial charge in [0.2, 0.25) is 0 Å². The number of rotatable bonds is 1. The smallest absolute Gasteiger partial charge is 0.321 e. The molecule has 1 saturated heterocycles. The average molecular weight is 169 g/mol. The van der Waals surface area contributed by atoms with Crippen LogP contribution in [0, 0.1) is 17.3 Å². The minimum atomic E-state index is -0.657. The molecule has 1 saturated carbocycles. The molecule has 0 amide bonds. The molecule has 0 aromatic carbocycles. The first-order valence-corrected chi connectivity index (χ1v) is 4.39. The van der Waals surface area contributed by atoms with Gasteiger partial charge in [0, 0.05) is 6.54 Å². The highest BCUT2D eigenvalue weighted by molar-refractivity contribution is 5.75. The fourth-order valence-corrected chi connectivity index (χ4v) is 2.80. The lowest BCUT2D eigenvalue weighted by Crippen LogP contribution is -2.38. The van der Waals surface area contributed by atoms with E-state index in [1.807, 2.05) is 11.9 Å². The average Bonchev–Trinajstić information content (AvgIpc) is 2.40. The Morgan fingerprint density at radius 1 is 1.58 bits per heavy atom. The number of aliphatic carboxylic acids is 1. The topological polar surface area (TPSA) is 40.5 Å². The van der Waals surface area contributed by atoms with Crippen LogP contribution in [0.1, 0.15) is 13.8 Å². The van der Waals surface area contributed by atoms with Gasteiger partial charge >= 0.3 is 5.97 Å². The summed E-state index contributed by atoms with van der Waals surface area (Å²) in [6, 6.07) is -0.231. The van der Waals surface area contributed by atoms with Crippen molar-refractivity contribution < 1.29 is 9.90 Å². The predicted octanol–water partition coefficient (Wildman–Crippen LogP) is 0.657. The Bertz CT molecular complexity index is 237. The largest absolute Gasteiger partial charge is 0.480 e. The summed E-state index contributed by atoms with van der Waals surface area (Å²) in [6.45, 7) is 5.30. The van der Waals surface area contributed by atoms with Crippen LogP contribution in [-0.2, 0) is 4.79 Å². The summed E-state index contributed by atoms with van der Waals surface area (Å²) in [7, 11) is 1.90. The van der Waals surface area contributed by atoms with Crippen LogP contribution in [0.2, 0.25) is 0 Å². The minimum absolute atomic E-state index is 0.231. The Balaban J connectivity index is 2.19. The summed E-state index contributed by atoms with van der Waals surface area (Å²) in [6.07, 6.45) is 0. The van der Waals surface area contributed by atoms with Gasteiger partial charge < -0.3 is 5.11 Å². The highest BCUT2D eigenvalue weighted by atomic mass is 16.4. The van der Waals surface area contributed by atoms with Crippen LogP contribution in [-0.4, -0.2) is 35.6 Å². The van der Waals surface area contributed by atoms with Crippen LogP contribution in [0.5, 0.6) is 0 Å². The lowest BCUT2D eigenvalue weighted by molar-refractivity contribution is -0.143. The first-order chi connectivity index (χ1) is 5.46. The second-order valence-electron chi connectivity index (χ2n) is 4.68. The molecule has 2 aliphatic rings. The normalized spacial score (nSPS) is 44.1. The molecule has 0 radical (unpaired) electrons. The van der Waals surface area contributed by atoms with Gasteiger partial charge in [0.05, 0.1) is 0 Å². The molecule has 1 N–H and O–H groups in total. The van der Waals surface area contributed by atoms with E-state index in [9.17, 15) is 4.79 Å². The van der Waals surface area contributed by atoms with E-state index in [1.165, 1.54) is 0 Å². The molecule has 3 atom stereocenters. The van der Waals surface area contributed by atoms with Crippen molar-refractivity contribution in [2.75, 3.05) is 13.6 Å². The Kier molecular flexibility index (Phi) is 1.35. The molecule has 1 aliphatic heterocycles. The molecule has 3 nitrogen and oxygen atoms in total. The van der Waals surface area contributed by atoms with Crippen LogP contribution in [0.25, 0.3) is 0 Å². The van der Waals surface area contributed by atoms with E-state index in [0.717, 1.165) is 6.54 Å². The molecular weight excluding hydrogens is 154 g/mol. The number of carboxylic acid groups (broad SMARTS) is 1. The van der Waals surface area contributed by atoms with Crippen molar-refractivity contribution in [3.05, 3.63) is 0 Å². The van der Waals surface area contributed by atoms with E-state index in [0.29, 0.717) is 11.8 Å². The summed E-state index contributed by atoms with van der Waals surface area (Å²) in [5.74, 6) is 0.346. The number of hydrogen-bond acceptors (Lipinski definition) is 2. The van der Waals surface area contributed by atoms with Crippen molar-refractivity contribution in [2.24, 2.45) is 17.3 Å². The summed E-state index contributed by atoms with van der Waals surface area (Å²) in [5, 5.41) is 8.97. The van der Waals surface area contributed by atoms with Gasteiger partial charge in [-0.15, -0.1) is 0 Å². The number of likely N-dealkylation sites (tertiary alicyclic amines) is 1. The van der Waals surface area contributed by atoms with Crippen molar-refractivity contribution in [3.63, 3.8) is 0 Å². The fourth-order valence-electron chi connectivity index (χ4n) is 2.80. The van der Waals surface area contributed by atoms with Gasteiger partial charge in [-0.05, 0) is 24.3 Å². The fraction of sp³-hybridized carbons (Fsp3) is 0.889. The zero-order valence-electron chi connectivity index (χ0n) is 7.74. The maximum atomic E-state index is 10.9. The van der Waals surface area contributed by atoms with Gasteiger partial charge in [-0.1, -0.05) is 13.8 Å². The number of hydrogen-bond donors (Lipinski definition) is 1. The Hall–Kier alpha value is -0.570. The Morgan fingerprint density at radius 3 is 2.50 bits per heavy atom. The van der Waals surface area contributed by atoms with Gasteiger partial charge in [0.25, 0.3) is 0 Å². The van der Waals surface area contributed by atoms with Crippen LogP contribution < -0.4 is 0 Å². The second kappa shape index (κ2) is 2.02. The lowest BCUT2D eigenvalue weighted by atomic mass is 10.0. The minimum Gasteiger partial charge on any atom is -0.480 e. The number of piperidine rings is 1. The number of carbonyl (C=O) groups is 1. The van der Waals surface area contributed by atoms with Gasteiger partial charge in [0.1, 0.15) is 6.04 Å². The maximum Gasteiger partial charge on any atom is 0.321 e. The standard InChI is InChI=1S/C9H15NO2/c1-9(2)5-4-10(3)7(6(5)9)8(11)12/h5-7H,4H2,1-3H3,(H,11,12)/t5-,6-,7-/m0/s1. The van der Waals surface area contributed by atoms with E-state index in [2.05, 4.69) is 13.8 Å². The first kappa shape index (κ1) is 8.05. The molecule has 1 aliphatic carbocycles. The number of nitrogens with zero attached hydrogens (tertiary/aromatic N) is 1. The highest BCUT2D eigenvalue weighted by Crippen LogP contribution is 2.64. The van der Waals surface area contributed by atoms with Crippen molar-refractivity contribution in [3.8, 4) is 0 Å². The predicted molar refractivity (Wildman–Crippen MR) is 44.8 cm³/mol. The lowest BCUT2D eigenvalue weighted by Gasteiger charge is -2.23. The van der Waals surface area contributed by atoms with Gasteiger partial charge in [-0.3, -0.25) is 9.69 Å². The van der Waals surface area contributed by atoms with E-state index in [1.54, 1.807) is 0 Å². The third-order valence-electron chi connectivity index (χ3n) is 3.69. The van der Waals surface area contributed by atoms with Crippen LogP contribution in [0.4, 0.5) is 0 Å². The summed E-state index contributed by atoms with van der Waals surface area (Å²) < 4.78 is 0. The highest BCUT2D eigenvalue weighted by Gasteiger charge is 2.67. The van der Waals surface area contributed by atoms with E-state index in [4.69, 9.17) is 5.11 Å². The van der Waals surface area contributed by atoms with Gasteiger partial charge in [0.15, 0.2) is 0 Å². The maximum absolute atomic E-state index is 10.9. The molecule has 0 unspecified atom stereocenters. The second-order valence-corrected chi connectivity index (χ2v) is 4.68. The van der Waals surface area contributed by atoms with E-state index < -0.39 is 5.97 Å². The summed E-state index contributed by atoms with van der Waals surface area (Å²) in [5.41, 5.74) is 0.273. The molecule has 0 bridgehead atoms. The third-order valence-corrected chi connectivity index (χ3v) is 3.69. The number of fused-ring (bicyclic) bond motifs is 1. The quantitative estimate of drug-likeness (QED) is 0.626. The van der Waals surface area contributed by atoms with E-state index >= 15 is 0 Å². The van der Waals surface area contributed by atoms with Crippen molar-refractivity contribution in [1.82, 2.24) is 4.90 Å². The molecule has 2 fully saturated rings. The third kappa shape index (κ3) is 0.774. The van der Waals surface area contributed by atoms with Crippen molar-refractivity contribution in [2.45, 2.75) is 19.9 Å². The zero-order valence-corrected chi connectivity index (χ0v) is 7.74. The van der Waals surface area contributed by atoms with Crippen LogP contribution >= 0.6 is 0 Å². The van der Waals surface area contributed by atoms with Crippen LogP contribution in [0.15, 0.2) is 0 Å². The first-order valence-electron chi connectivity index (χ1n) is 4.39. The molecular formula is C9H15NO2. The Labute approximate surface area is 72.4 Å². The van der Waals surface area contributed by atoms with Gasteiger partial charge in [-0.2, -0.15) is 0 Å². The molecule has 68 valence electrons. The number of likely N-dealkylation sites (N-methyl/N-ethyl adjacent to an activating group) is 1. The zero-order chi connectivity index (χ0) is 9.09. The molecule has 0 spiro atoms. The molecule has 12 heavy (non-hydrogen) atoms. The molecule has 0 aromatic rings. The number of carboxylic acids is 1. The summed E-state index contributed by atoms with van der Waals surface area (Å²) >= 11 is 0. The SMILES string of the molecule is CN1C[C@H]2[C@@H]([C@H]1C(=O)O)C2(C)C. The molecule has 3 heteroatoms. The van der Waals surface area contributed by atoms with Gasteiger partial charge in [-0.25, -0.2) is 0 Å². The van der Waals surface area contributed by atoms with Crippen molar-refractivity contribution in [1.29, 1.82) is 0 Å². The monoisotopic (exact) mass is 169 g/mol. The summed E-state index contributed by atoms with van der Waals surface area (Å²) in [4.78, 5) is 12.9.